The molecule has 0 atom stereocenters. The molecular weight excluding hydrogens is 431 g/mol. The van der Waals surface area contributed by atoms with Crippen molar-refractivity contribution in [3.05, 3.63) is 99.7 Å². The third-order valence-electron chi connectivity index (χ3n) is 4.88. The van der Waals surface area contributed by atoms with E-state index < -0.39 is 0 Å². The third-order valence-corrected chi connectivity index (χ3v) is 5.62. The molecule has 0 saturated heterocycles. The minimum absolute atomic E-state index is 0.503. The minimum Gasteiger partial charge on any atom is -0.496 e. The zero-order valence-electron chi connectivity index (χ0n) is 17.1. The van der Waals surface area contributed by atoms with Gasteiger partial charge in [0, 0.05) is 24.2 Å². The molecule has 31 heavy (non-hydrogen) atoms. The van der Waals surface area contributed by atoms with Gasteiger partial charge in [-0.05, 0) is 23.8 Å². The normalized spacial score (nSPS) is 10.9. The Morgan fingerprint density at radius 1 is 0.871 bits per heavy atom. The number of hydrogen-bond acceptors (Lipinski definition) is 4. The third kappa shape index (κ3) is 5.25. The Labute approximate surface area is 191 Å². The molecule has 0 spiro atoms. The number of hydrogen-bond donors (Lipinski definition) is 1. The summed E-state index contributed by atoms with van der Waals surface area (Å²) >= 11 is 12.2. The summed E-state index contributed by atoms with van der Waals surface area (Å²) in [5.74, 6) is 0.863. The molecule has 5 nitrogen and oxygen atoms in total. The maximum absolute atomic E-state index is 6.16. The summed E-state index contributed by atoms with van der Waals surface area (Å²) in [7, 11) is 1.68. The van der Waals surface area contributed by atoms with E-state index in [2.05, 4.69) is 5.32 Å². The molecule has 7 heteroatoms. The monoisotopic (exact) mass is 452 g/mol. The van der Waals surface area contributed by atoms with Crippen LogP contribution in [0.25, 0.3) is 11.3 Å². The van der Waals surface area contributed by atoms with Crippen molar-refractivity contribution in [1.29, 1.82) is 0 Å². The molecule has 0 aliphatic carbocycles. The molecule has 1 N–H and O–H groups in total. The van der Waals surface area contributed by atoms with Gasteiger partial charge in [0.15, 0.2) is 0 Å². The number of nitrogens with one attached hydrogen (secondary N) is 1. The molecule has 4 aromatic rings. The van der Waals surface area contributed by atoms with Crippen molar-refractivity contribution in [2.24, 2.45) is 0 Å². The van der Waals surface area contributed by atoms with E-state index in [0.717, 1.165) is 33.8 Å². The fourth-order valence-corrected chi connectivity index (χ4v) is 3.68. The van der Waals surface area contributed by atoms with Crippen molar-refractivity contribution in [2.45, 2.75) is 19.6 Å². The minimum atomic E-state index is 0.503. The highest BCUT2D eigenvalue weighted by atomic mass is 35.5. The molecule has 0 saturated carbocycles. The van der Waals surface area contributed by atoms with Gasteiger partial charge in [-0.3, -0.25) is 0 Å². The van der Waals surface area contributed by atoms with Crippen LogP contribution in [0.2, 0.25) is 10.0 Å². The summed E-state index contributed by atoms with van der Waals surface area (Å²) in [5, 5.41) is 14.0. The summed E-state index contributed by atoms with van der Waals surface area (Å²) < 4.78 is 5.44. The van der Waals surface area contributed by atoms with Gasteiger partial charge in [-0.15, -0.1) is 0 Å². The van der Waals surface area contributed by atoms with Gasteiger partial charge in [-0.1, -0.05) is 77.8 Å². The number of halogens is 2. The van der Waals surface area contributed by atoms with Gasteiger partial charge in [-0.25, -0.2) is 0 Å². The molecular formula is C24H22Cl2N4O. The van der Waals surface area contributed by atoms with Gasteiger partial charge < -0.3 is 10.1 Å². The van der Waals surface area contributed by atoms with Gasteiger partial charge in [0.2, 0.25) is 0 Å². The van der Waals surface area contributed by atoms with E-state index in [4.69, 9.17) is 38.1 Å². The number of methoxy groups -OCH3 is 1. The van der Waals surface area contributed by atoms with Crippen LogP contribution in [-0.4, -0.2) is 22.1 Å². The first-order chi connectivity index (χ1) is 15.1. The van der Waals surface area contributed by atoms with Gasteiger partial charge in [0.05, 0.1) is 23.7 Å². The van der Waals surface area contributed by atoms with Crippen molar-refractivity contribution in [3.8, 4) is 17.0 Å². The number of para-hydroxylation sites is 1. The molecule has 1 heterocycles. The number of benzene rings is 3. The van der Waals surface area contributed by atoms with Crippen molar-refractivity contribution in [3.63, 3.8) is 0 Å². The summed E-state index contributed by atoms with van der Waals surface area (Å²) in [6, 6.07) is 23.6. The largest absolute Gasteiger partial charge is 0.496 e. The number of nitrogens with zero attached hydrogens (tertiary/aromatic N) is 3. The van der Waals surface area contributed by atoms with E-state index in [9.17, 15) is 0 Å². The average Bonchev–Trinajstić information content (AvgIpc) is 3.19. The predicted molar refractivity (Wildman–Crippen MR) is 125 cm³/mol. The van der Waals surface area contributed by atoms with Crippen molar-refractivity contribution in [2.75, 3.05) is 7.11 Å². The molecule has 158 valence electrons. The molecule has 0 bridgehead atoms. The van der Waals surface area contributed by atoms with Crippen LogP contribution in [0, 0.1) is 0 Å². The van der Waals surface area contributed by atoms with E-state index >= 15 is 0 Å². The van der Waals surface area contributed by atoms with Gasteiger partial charge in [-0.2, -0.15) is 15.0 Å². The van der Waals surface area contributed by atoms with Crippen molar-refractivity contribution in [1.82, 2.24) is 20.3 Å². The number of aromatic nitrogens is 3. The predicted octanol–water partition coefficient (Wildman–Crippen LogP) is 5.60. The SMILES string of the molecule is COc1ccccc1CNCc1nn(Cc2ccc(Cl)c(Cl)c2)nc1-c1ccccc1. The van der Waals surface area contributed by atoms with Crippen LogP contribution in [0.5, 0.6) is 5.75 Å². The van der Waals surface area contributed by atoms with Crippen LogP contribution >= 0.6 is 23.2 Å². The highest BCUT2D eigenvalue weighted by molar-refractivity contribution is 6.42. The topological polar surface area (TPSA) is 52.0 Å². The quantitative estimate of drug-likeness (QED) is 0.378. The zero-order chi connectivity index (χ0) is 21.6. The first-order valence-corrected chi connectivity index (χ1v) is 10.7. The Morgan fingerprint density at radius 2 is 1.65 bits per heavy atom. The Hall–Kier alpha value is -2.86. The van der Waals surface area contributed by atoms with Crippen LogP contribution in [0.3, 0.4) is 0 Å². The molecule has 3 aromatic carbocycles. The lowest BCUT2D eigenvalue weighted by molar-refractivity contribution is 0.407. The van der Waals surface area contributed by atoms with Crippen LogP contribution in [0.1, 0.15) is 16.8 Å². The summed E-state index contributed by atoms with van der Waals surface area (Å²) in [5.41, 5.74) is 4.83. The maximum Gasteiger partial charge on any atom is 0.123 e. The molecule has 0 radical (unpaired) electrons. The Morgan fingerprint density at radius 3 is 2.42 bits per heavy atom. The number of ether oxygens (including phenoxy) is 1. The maximum atomic E-state index is 6.16. The lowest BCUT2D eigenvalue weighted by Crippen LogP contribution is -2.14. The van der Waals surface area contributed by atoms with Crippen molar-refractivity contribution < 1.29 is 4.74 Å². The van der Waals surface area contributed by atoms with Gasteiger partial charge in [0.1, 0.15) is 17.1 Å². The Bertz CT molecular complexity index is 1160. The molecule has 0 aliphatic heterocycles. The van der Waals surface area contributed by atoms with Crippen LogP contribution in [-0.2, 0) is 19.6 Å². The second-order valence-electron chi connectivity index (χ2n) is 7.06. The smallest absolute Gasteiger partial charge is 0.123 e. The highest BCUT2D eigenvalue weighted by Gasteiger charge is 2.14. The van der Waals surface area contributed by atoms with Gasteiger partial charge in [0.25, 0.3) is 0 Å². The van der Waals surface area contributed by atoms with E-state index in [1.54, 1.807) is 18.0 Å². The average molecular weight is 453 g/mol. The highest BCUT2D eigenvalue weighted by Crippen LogP contribution is 2.24. The van der Waals surface area contributed by atoms with Crippen LogP contribution < -0.4 is 10.1 Å². The number of rotatable bonds is 8. The summed E-state index contributed by atoms with van der Waals surface area (Å²) in [6.45, 7) is 1.74. The van der Waals surface area contributed by atoms with E-state index in [0.29, 0.717) is 29.7 Å². The molecule has 0 fully saturated rings. The fourth-order valence-electron chi connectivity index (χ4n) is 3.36. The Balaban J connectivity index is 1.55. The fraction of sp³-hybridized carbons (Fsp3) is 0.167. The summed E-state index contributed by atoms with van der Waals surface area (Å²) in [6.07, 6.45) is 0. The standard InChI is InChI=1S/C24H22Cl2N4O/c1-31-23-10-6-5-9-19(23)14-27-15-22-24(18-7-3-2-4-8-18)29-30(28-22)16-17-11-12-20(25)21(26)13-17/h2-13,27H,14-16H2,1H3. The van der Waals surface area contributed by atoms with E-state index in [-0.39, 0.29) is 0 Å². The van der Waals surface area contributed by atoms with Crippen LogP contribution in [0.4, 0.5) is 0 Å². The lowest BCUT2D eigenvalue weighted by Gasteiger charge is -2.09. The molecule has 0 aliphatic rings. The zero-order valence-corrected chi connectivity index (χ0v) is 18.6. The Kier molecular flexibility index (Phi) is 6.87. The van der Waals surface area contributed by atoms with E-state index in [1.807, 2.05) is 66.7 Å². The second-order valence-corrected chi connectivity index (χ2v) is 7.87. The molecule has 0 unspecified atom stereocenters. The van der Waals surface area contributed by atoms with E-state index in [1.165, 1.54) is 0 Å². The van der Waals surface area contributed by atoms with Gasteiger partial charge >= 0.3 is 0 Å². The second kappa shape index (κ2) is 9.96. The lowest BCUT2D eigenvalue weighted by atomic mass is 10.1. The first-order valence-electron chi connectivity index (χ1n) is 9.90. The first kappa shape index (κ1) is 21.4. The molecule has 1 aromatic heterocycles. The summed E-state index contributed by atoms with van der Waals surface area (Å²) in [4.78, 5) is 1.70. The molecule has 0 amide bonds. The van der Waals surface area contributed by atoms with Crippen molar-refractivity contribution >= 4 is 23.2 Å². The molecule has 4 rings (SSSR count). The van der Waals surface area contributed by atoms with Crippen LogP contribution in [0.15, 0.2) is 72.8 Å².